The molecule has 1 unspecified atom stereocenters. The van der Waals surface area contributed by atoms with E-state index < -0.39 is 38.2 Å². The summed E-state index contributed by atoms with van der Waals surface area (Å²) in [6.07, 6.45) is 0.355. The molecule has 0 aliphatic carbocycles. The minimum atomic E-state index is -3.81. The average molecular weight is 398 g/mol. The third kappa shape index (κ3) is 4.06. The first kappa shape index (κ1) is 19.2. The van der Waals surface area contributed by atoms with Crippen LogP contribution in [0.5, 0.6) is 0 Å². The van der Waals surface area contributed by atoms with Gasteiger partial charge in [-0.15, -0.1) is 0 Å². The normalized spacial score (nSPS) is 17.7. The van der Waals surface area contributed by atoms with E-state index in [4.69, 9.17) is 4.74 Å². The fraction of sp³-hybridized carbons (Fsp3) is 0.294. The van der Waals surface area contributed by atoms with E-state index in [2.05, 4.69) is 0 Å². The van der Waals surface area contributed by atoms with Crippen LogP contribution in [-0.4, -0.2) is 39.3 Å². The van der Waals surface area contributed by atoms with Crippen LogP contribution in [0.2, 0.25) is 0 Å². The zero-order valence-electron chi connectivity index (χ0n) is 14.3. The topological polar surface area (TPSA) is 89.8 Å². The molecule has 10 heteroatoms. The summed E-state index contributed by atoms with van der Waals surface area (Å²) < 4.78 is 56.1. The van der Waals surface area contributed by atoms with Gasteiger partial charge in [-0.05, 0) is 29.8 Å². The summed E-state index contributed by atoms with van der Waals surface area (Å²) in [4.78, 5) is 11.8. The zero-order valence-corrected chi connectivity index (χ0v) is 15.1. The van der Waals surface area contributed by atoms with Crippen LogP contribution in [0.3, 0.4) is 0 Å². The molecule has 1 heterocycles. The predicted octanol–water partition coefficient (Wildman–Crippen LogP) is 2.85. The van der Waals surface area contributed by atoms with Crippen molar-refractivity contribution in [1.29, 1.82) is 0 Å². The molecule has 2 aromatic carbocycles. The molecule has 0 spiro atoms. The van der Waals surface area contributed by atoms with Gasteiger partial charge in [0.15, 0.2) is 21.5 Å². The van der Waals surface area contributed by atoms with Crippen LogP contribution in [-0.2, 0) is 14.6 Å². The lowest BCUT2D eigenvalue weighted by molar-refractivity contribution is -0.387. The summed E-state index contributed by atoms with van der Waals surface area (Å²) in [7, 11) is -3.81. The molecule has 0 N–H and O–H groups in total. The number of rotatable bonds is 4. The van der Waals surface area contributed by atoms with Crippen molar-refractivity contribution in [1.82, 2.24) is 0 Å². The third-order valence-corrected chi connectivity index (χ3v) is 5.41. The lowest BCUT2D eigenvalue weighted by atomic mass is 10.1. The Balaban J connectivity index is 1.92. The maximum Gasteiger partial charge on any atom is 0.288 e. The first-order valence-corrected chi connectivity index (χ1v) is 9.86. The van der Waals surface area contributed by atoms with Gasteiger partial charge in [0, 0.05) is 31.1 Å². The molecular formula is C17H16F2N2O5S. The number of benzene rings is 2. The van der Waals surface area contributed by atoms with Crippen LogP contribution in [0.15, 0.2) is 41.3 Å². The van der Waals surface area contributed by atoms with E-state index in [1.54, 1.807) is 4.90 Å². The lowest BCUT2D eigenvalue weighted by Crippen LogP contribution is -2.38. The number of ether oxygens (including phenoxy) is 1. The highest BCUT2D eigenvalue weighted by atomic mass is 32.2. The molecule has 1 atom stereocenters. The van der Waals surface area contributed by atoms with Gasteiger partial charge in [-0.1, -0.05) is 6.07 Å². The summed E-state index contributed by atoms with van der Waals surface area (Å²) in [5, 5.41) is 11.1. The number of sulfone groups is 1. The first-order chi connectivity index (χ1) is 12.7. The summed E-state index contributed by atoms with van der Waals surface area (Å²) >= 11 is 0. The molecular weight excluding hydrogens is 382 g/mol. The second kappa shape index (κ2) is 7.20. The standard InChI is InChI=1S/C17H16F2N2O5S/c1-27(24,25)17-9-12(3-5-15(17)21(22)23)20-6-7-26-16(10-20)11-2-4-13(18)14(19)8-11/h2-5,8-9,16H,6-7,10H2,1H3. The van der Waals surface area contributed by atoms with Crippen LogP contribution in [0, 0.1) is 21.7 Å². The summed E-state index contributed by atoms with van der Waals surface area (Å²) in [5.74, 6) is -1.94. The highest BCUT2D eigenvalue weighted by molar-refractivity contribution is 7.90. The molecule has 3 rings (SSSR count). The smallest absolute Gasteiger partial charge is 0.288 e. The second-order valence-electron chi connectivity index (χ2n) is 6.16. The number of hydrogen-bond donors (Lipinski definition) is 0. The molecule has 2 aromatic rings. The van der Waals surface area contributed by atoms with Gasteiger partial charge in [0.05, 0.1) is 11.5 Å². The molecule has 7 nitrogen and oxygen atoms in total. The maximum absolute atomic E-state index is 13.5. The quantitative estimate of drug-likeness (QED) is 0.581. The van der Waals surface area contributed by atoms with Crippen molar-refractivity contribution in [2.24, 2.45) is 0 Å². The molecule has 0 saturated carbocycles. The Hall–Kier alpha value is -2.59. The summed E-state index contributed by atoms with van der Waals surface area (Å²) in [6.45, 7) is 0.947. The van der Waals surface area contributed by atoms with Crippen molar-refractivity contribution in [2.75, 3.05) is 30.9 Å². The molecule has 0 radical (unpaired) electrons. The molecule has 27 heavy (non-hydrogen) atoms. The number of hydrogen-bond acceptors (Lipinski definition) is 6. The van der Waals surface area contributed by atoms with Crippen molar-refractivity contribution >= 4 is 21.2 Å². The van der Waals surface area contributed by atoms with E-state index in [1.165, 1.54) is 18.2 Å². The largest absolute Gasteiger partial charge is 0.370 e. The summed E-state index contributed by atoms with van der Waals surface area (Å²) in [6, 6.07) is 7.35. The average Bonchev–Trinajstić information content (AvgIpc) is 2.63. The van der Waals surface area contributed by atoms with E-state index >= 15 is 0 Å². The fourth-order valence-electron chi connectivity index (χ4n) is 2.95. The van der Waals surface area contributed by atoms with Gasteiger partial charge in [-0.3, -0.25) is 10.1 Å². The van der Waals surface area contributed by atoms with Crippen molar-refractivity contribution in [3.63, 3.8) is 0 Å². The molecule has 144 valence electrons. The van der Waals surface area contributed by atoms with Gasteiger partial charge in [-0.2, -0.15) is 0 Å². The van der Waals surface area contributed by atoms with Gasteiger partial charge in [-0.25, -0.2) is 17.2 Å². The van der Waals surface area contributed by atoms with E-state index in [0.717, 1.165) is 24.5 Å². The lowest BCUT2D eigenvalue weighted by Gasteiger charge is -2.35. The third-order valence-electron chi connectivity index (χ3n) is 4.29. The van der Waals surface area contributed by atoms with Crippen LogP contribution < -0.4 is 4.90 Å². The van der Waals surface area contributed by atoms with Crippen molar-refractivity contribution < 1.29 is 26.9 Å². The van der Waals surface area contributed by atoms with Gasteiger partial charge >= 0.3 is 0 Å². The SMILES string of the molecule is CS(=O)(=O)c1cc(N2CCOC(c3ccc(F)c(F)c3)C2)ccc1[N+](=O)[O-]. The number of nitro groups is 1. The molecule has 1 fully saturated rings. The van der Waals surface area contributed by atoms with Gasteiger partial charge in [0.2, 0.25) is 0 Å². The zero-order chi connectivity index (χ0) is 19.8. The molecule has 0 aromatic heterocycles. The van der Waals surface area contributed by atoms with E-state index in [-0.39, 0.29) is 18.0 Å². The Labute approximate surface area is 154 Å². The Morgan fingerprint density at radius 2 is 1.93 bits per heavy atom. The van der Waals surface area contributed by atoms with Crippen LogP contribution in [0.25, 0.3) is 0 Å². The molecule has 1 aliphatic heterocycles. The van der Waals surface area contributed by atoms with E-state index in [0.29, 0.717) is 17.8 Å². The molecule has 0 bridgehead atoms. The molecule has 1 saturated heterocycles. The van der Waals surface area contributed by atoms with Gasteiger partial charge < -0.3 is 9.64 Å². The van der Waals surface area contributed by atoms with E-state index in [1.807, 2.05) is 0 Å². The van der Waals surface area contributed by atoms with Crippen LogP contribution >= 0.6 is 0 Å². The Morgan fingerprint density at radius 3 is 2.56 bits per heavy atom. The first-order valence-electron chi connectivity index (χ1n) is 7.97. The van der Waals surface area contributed by atoms with Gasteiger partial charge in [0.25, 0.3) is 5.69 Å². The van der Waals surface area contributed by atoms with Crippen molar-refractivity contribution in [2.45, 2.75) is 11.0 Å². The Morgan fingerprint density at radius 1 is 1.19 bits per heavy atom. The second-order valence-corrected chi connectivity index (χ2v) is 8.14. The van der Waals surface area contributed by atoms with E-state index in [9.17, 15) is 27.3 Å². The molecule has 1 aliphatic rings. The highest BCUT2D eigenvalue weighted by Crippen LogP contribution is 2.32. The number of anilines is 1. The summed E-state index contributed by atoms with van der Waals surface area (Å²) in [5.41, 5.74) is 0.424. The minimum Gasteiger partial charge on any atom is -0.370 e. The number of morpholine rings is 1. The predicted molar refractivity (Wildman–Crippen MR) is 93.5 cm³/mol. The van der Waals surface area contributed by atoms with Crippen molar-refractivity contribution in [3.05, 3.63) is 63.7 Å². The van der Waals surface area contributed by atoms with Crippen LogP contribution in [0.4, 0.5) is 20.2 Å². The monoisotopic (exact) mass is 398 g/mol. The number of nitro benzene ring substituents is 1. The Kier molecular flexibility index (Phi) is 5.11. The molecule has 0 amide bonds. The van der Waals surface area contributed by atoms with Gasteiger partial charge in [0.1, 0.15) is 11.0 Å². The maximum atomic E-state index is 13.5. The Bertz CT molecular complexity index is 997. The number of nitrogens with zero attached hydrogens (tertiary/aromatic N) is 2. The number of halogens is 2. The fourth-order valence-corrected chi connectivity index (χ4v) is 3.80. The highest BCUT2D eigenvalue weighted by Gasteiger charge is 2.27. The van der Waals surface area contributed by atoms with Crippen LogP contribution in [0.1, 0.15) is 11.7 Å². The van der Waals surface area contributed by atoms with Crippen molar-refractivity contribution in [3.8, 4) is 0 Å². The minimum absolute atomic E-state index is 0.256.